The Hall–Kier alpha value is -6.58. The summed E-state index contributed by atoms with van der Waals surface area (Å²) in [6.45, 7) is 0. The number of benzene rings is 8. The van der Waals surface area contributed by atoms with E-state index in [4.69, 9.17) is 8.83 Å². The molecule has 0 amide bonds. The Bertz CT molecular complexity index is 2840. The number of hydrogen-bond donors (Lipinski definition) is 0. The SMILES string of the molecule is c1ccc(-c2cccc(N(c3ccc4c(c3)oc3ccccc34)c3ccccc3-c3cccc4oc5c6ccccc6ccc5c34)c2)cc1. The zero-order chi connectivity index (χ0) is 32.3. The van der Waals surface area contributed by atoms with Crippen molar-refractivity contribution in [1.82, 2.24) is 0 Å². The zero-order valence-electron chi connectivity index (χ0n) is 26.5. The highest BCUT2D eigenvalue weighted by atomic mass is 16.3. The third kappa shape index (κ3) is 4.44. The molecule has 0 radical (unpaired) electrons. The number of nitrogens with zero attached hydrogens (tertiary/aromatic N) is 1. The molecule has 0 aliphatic rings. The fraction of sp³-hybridized carbons (Fsp3) is 0. The van der Waals surface area contributed by atoms with Gasteiger partial charge in [-0.05, 0) is 70.6 Å². The van der Waals surface area contributed by atoms with Crippen LogP contribution in [0.5, 0.6) is 0 Å². The third-order valence-electron chi connectivity index (χ3n) is 9.65. The van der Waals surface area contributed by atoms with E-state index < -0.39 is 0 Å². The molecule has 230 valence electrons. The quantitative estimate of drug-likeness (QED) is 0.190. The van der Waals surface area contributed by atoms with Gasteiger partial charge in [-0.2, -0.15) is 0 Å². The number of para-hydroxylation sites is 2. The Labute approximate surface area is 282 Å². The van der Waals surface area contributed by atoms with Crippen molar-refractivity contribution in [3.63, 3.8) is 0 Å². The van der Waals surface area contributed by atoms with Gasteiger partial charge in [-0.15, -0.1) is 0 Å². The van der Waals surface area contributed by atoms with E-state index in [0.717, 1.165) is 83.0 Å². The van der Waals surface area contributed by atoms with Crippen LogP contribution >= 0.6 is 0 Å². The van der Waals surface area contributed by atoms with Gasteiger partial charge in [0.05, 0.1) is 5.69 Å². The maximum Gasteiger partial charge on any atom is 0.143 e. The predicted molar refractivity (Wildman–Crippen MR) is 204 cm³/mol. The molecule has 0 aliphatic heterocycles. The van der Waals surface area contributed by atoms with Crippen molar-refractivity contribution in [2.45, 2.75) is 0 Å². The summed E-state index contributed by atoms with van der Waals surface area (Å²) >= 11 is 0. The van der Waals surface area contributed by atoms with E-state index in [0.29, 0.717) is 0 Å². The summed E-state index contributed by atoms with van der Waals surface area (Å²) in [5.41, 5.74) is 11.2. The second-order valence-electron chi connectivity index (χ2n) is 12.5. The van der Waals surface area contributed by atoms with Crippen molar-refractivity contribution < 1.29 is 8.83 Å². The zero-order valence-corrected chi connectivity index (χ0v) is 26.5. The molecule has 0 spiro atoms. The molecule has 0 fully saturated rings. The van der Waals surface area contributed by atoms with Crippen LogP contribution in [0.4, 0.5) is 17.1 Å². The average molecular weight is 628 g/mol. The molecule has 10 rings (SSSR count). The number of furan rings is 2. The lowest BCUT2D eigenvalue weighted by Gasteiger charge is -2.28. The minimum Gasteiger partial charge on any atom is -0.456 e. The van der Waals surface area contributed by atoms with Crippen LogP contribution in [0.2, 0.25) is 0 Å². The molecule has 0 N–H and O–H groups in total. The van der Waals surface area contributed by atoms with Crippen LogP contribution in [0.1, 0.15) is 0 Å². The summed E-state index contributed by atoms with van der Waals surface area (Å²) in [5.74, 6) is 0. The highest BCUT2D eigenvalue weighted by Gasteiger charge is 2.22. The van der Waals surface area contributed by atoms with Crippen LogP contribution in [0.3, 0.4) is 0 Å². The van der Waals surface area contributed by atoms with Crippen LogP contribution < -0.4 is 4.90 Å². The fourth-order valence-electron chi connectivity index (χ4n) is 7.41. The Morgan fingerprint density at radius 1 is 0.367 bits per heavy atom. The Kier molecular flexibility index (Phi) is 6.18. The topological polar surface area (TPSA) is 29.5 Å². The van der Waals surface area contributed by atoms with E-state index >= 15 is 0 Å². The predicted octanol–water partition coefficient (Wildman–Crippen LogP) is 13.4. The molecule has 3 nitrogen and oxygen atoms in total. The van der Waals surface area contributed by atoms with Gasteiger partial charge >= 0.3 is 0 Å². The summed E-state index contributed by atoms with van der Waals surface area (Å²) in [5, 5.41) is 6.73. The largest absolute Gasteiger partial charge is 0.456 e. The fourth-order valence-corrected chi connectivity index (χ4v) is 7.41. The maximum absolute atomic E-state index is 6.61. The van der Waals surface area contributed by atoms with Crippen LogP contribution in [-0.2, 0) is 0 Å². The highest BCUT2D eigenvalue weighted by Crippen LogP contribution is 2.46. The molecule has 2 aromatic heterocycles. The van der Waals surface area contributed by atoms with Gasteiger partial charge in [0.2, 0.25) is 0 Å². The lowest BCUT2D eigenvalue weighted by molar-refractivity contribution is 0.669. The molecular formula is C46H29NO2. The molecule has 10 aromatic rings. The Morgan fingerprint density at radius 3 is 1.98 bits per heavy atom. The first-order valence-corrected chi connectivity index (χ1v) is 16.6. The molecule has 2 heterocycles. The molecule has 0 saturated carbocycles. The van der Waals surface area contributed by atoms with E-state index in [1.807, 2.05) is 12.1 Å². The van der Waals surface area contributed by atoms with Crippen molar-refractivity contribution in [2.24, 2.45) is 0 Å². The van der Waals surface area contributed by atoms with Gasteiger partial charge in [0.25, 0.3) is 0 Å². The number of anilines is 3. The molecule has 0 bridgehead atoms. The standard InChI is InChI=1S/C46H29NO2/c1-2-12-30(13-3-1)32-15-10-16-33(28-32)47(34-25-27-38-37-19-7-9-22-42(37)48-44(38)29-34)41-21-8-6-18-36(41)39-20-11-23-43-45(39)40-26-24-31-14-4-5-17-35(31)46(40)49-43/h1-29H. The second-order valence-corrected chi connectivity index (χ2v) is 12.5. The second kappa shape index (κ2) is 11.0. The van der Waals surface area contributed by atoms with Gasteiger partial charge in [-0.1, -0.05) is 121 Å². The van der Waals surface area contributed by atoms with E-state index in [1.165, 1.54) is 10.9 Å². The number of hydrogen-bond acceptors (Lipinski definition) is 3. The summed E-state index contributed by atoms with van der Waals surface area (Å²) in [4.78, 5) is 2.35. The molecule has 8 aromatic carbocycles. The van der Waals surface area contributed by atoms with E-state index in [1.54, 1.807) is 0 Å². The van der Waals surface area contributed by atoms with Gasteiger partial charge in [-0.3, -0.25) is 0 Å². The smallest absolute Gasteiger partial charge is 0.143 e. The lowest BCUT2D eigenvalue weighted by Crippen LogP contribution is -2.11. The molecule has 0 aliphatic carbocycles. The third-order valence-corrected chi connectivity index (χ3v) is 9.65. The van der Waals surface area contributed by atoms with Gasteiger partial charge < -0.3 is 13.7 Å². The first-order chi connectivity index (χ1) is 24.3. The first-order valence-electron chi connectivity index (χ1n) is 16.6. The lowest BCUT2D eigenvalue weighted by atomic mass is 9.96. The maximum atomic E-state index is 6.61. The normalized spacial score (nSPS) is 11.7. The van der Waals surface area contributed by atoms with E-state index in [2.05, 4.69) is 169 Å². The molecule has 49 heavy (non-hydrogen) atoms. The van der Waals surface area contributed by atoms with E-state index in [9.17, 15) is 0 Å². The van der Waals surface area contributed by atoms with Crippen LogP contribution in [0.15, 0.2) is 185 Å². The Morgan fingerprint density at radius 2 is 1.04 bits per heavy atom. The monoisotopic (exact) mass is 627 g/mol. The molecule has 0 saturated heterocycles. The summed E-state index contributed by atoms with van der Waals surface area (Å²) in [7, 11) is 0. The van der Waals surface area contributed by atoms with Gasteiger partial charge in [-0.25, -0.2) is 0 Å². The van der Waals surface area contributed by atoms with Crippen molar-refractivity contribution in [3.8, 4) is 22.3 Å². The van der Waals surface area contributed by atoms with Gasteiger partial charge in [0.15, 0.2) is 0 Å². The number of fused-ring (bicyclic) bond motifs is 8. The van der Waals surface area contributed by atoms with Crippen LogP contribution in [0.25, 0.3) is 76.9 Å². The molecule has 0 atom stereocenters. The minimum absolute atomic E-state index is 0.857. The molecule has 3 heteroatoms. The van der Waals surface area contributed by atoms with Crippen LogP contribution in [0, 0.1) is 0 Å². The average Bonchev–Trinajstić information content (AvgIpc) is 3.74. The first kappa shape index (κ1) is 27.5. The summed E-state index contributed by atoms with van der Waals surface area (Å²) in [6.07, 6.45) is 0. The molecular weight excluding hydrogens is 599 g/mol. The summed E-state index contributed by atoms with van der Waals surface area (Å²) in [6, 6.07) is 62.0. The summed E-state index contributed by atoms with van der Waals surface area (Å²) < 4.78 is 13.0. The molecule has 0 unspecified atom stereocenters. The van der Waals surface area contributed by atoms with Gasteiger partial charge in [0.1, 0.15) is 22.3 Å². The van der Waals surface area contributed by atoms with Crippen molar-refractivity contribution in [2.75, 3.05) is 4.90 Å². The van der Waals surface area contributed by atoms with Crippen molar-refractivity contribution >= 4 is 71.7 Å². The Balaban J connectivity index is 1.23. The minimum atomic E-state index is 0.857. The van der Waals surface area contributed by atoms with Gasteiger partial charge in [0, 0.05) is 49.9 Å². The van der Waals surface area contributed by atoms with Crippen molar-refractivity contribution in [3.05, 3.63) is 176 Å². The number of rotatable bonds is 5. The van der Waals surface area contributed by atoms with Crippen LogP contribution in [-0.4, -0.2) is 0 Å². The van der Waals surface area contributed by atoms with Crippen molar-refractivity contribution in [1.29, 1.82) is 0 Å². The van der Waals surface area contributed by atoms with E-state index in [-0.39, 0.29) is 0 Å². The highest BCUT2D eigenvalue weighted by molar-refractivity contribution is 6.20.